The standard InChI is InChI=1S/C18H30N2O4/c1-12(2)20(13(3)4)18(23)17(10-15(22)11-21)19-14-6-8-16(24-5)9-7-14/h6-9,12-13,15,17,19,21-22H,10-11H2,1-5H3/t15-,17+/m0/s1. The number of anilines is 1. The summed E-state index contributed by atoms with van der Waals surface area (Å²) < 4.78 is 5.13. The molecule has 0 bridgehead atoms. The van der Waals surface area contributed by atoms with Crippen LogP contribution in [0.2, 0.25) is 0 Å². The number of methoxy groups -OCH3 is 1. The molecule has 0 heterocycles. The lowest BCUT2D eigenvalue weighted by molar-refractivity contribution is -0.136. The van der Waals surface area contributed by atoms with Crippen LogP contribution in [0.4, 0.5) is 5.69 Å². The van der Waals surface area contributed by atoms with Gasteiger partial charge in [0.1, 0.15) is 11.8 Å². The van der Waals surface area contributed by atoms with Crippen molar-refractivity contribution < 1.29 is 19.7 Å². The fourth-order valence-corrected chi connectivity index (χ4v) is 2.74. The van der Waals surface area contributed by atoms with Gasteiger partial charge in [-0.3, -0.25) is 4.79 Å². The molecular weight excluding hydrogens is 308 g/mol. The van der Waals surface area contributed by atoms with E-state index in [1.54, 1.807) is 24.1 Å². The molecule has 0 aliphatic heterocycles. The van der Waals surface area contributed by atoms with Gasteiger partial charge in [0.15, 0.2) is 0 Å². The maximum atomic E-state index is 13.0. The lowest BCUT2D eigenvalue weighted by atomic mass is 10.1. The summed E-state index contributed by atoms with van der Waals surface area (Å²) in [7, 11) is 1.59. The molecule has 0 fully saturated rings. The summed E-state index contributed by atoms with van der Waals surface area (Å²) in [6.45, 7) is 7.47. The first-order valence-corrected chi connectivity index (χ1v) is 8.31. The molecule has 0 spiro atoms. The minimum atomic E-state index is -0.953. The lowest BCUT2D eigenvalue weighted by Crippen LogP contribution is -2.50. The minimum absolute atomic E-state index is 0.0453. The van der Waals surface area contributed by atoms with E-state index >= 15 is 0 Å². The molecule has 1 rings (SSSR count). The van der Waals surface area contributed by atoms with Crippen LogP contribution in [0.25, 0.3) is 0 Å². The van der Waals surface area contributed by atoms with Crippen LogP contribution < -0.4 is 10.1 Å². The van der Waals surface area contributed by atoms with E-state index in [1.807, 2.05) is 39.8 Å². The van der Waals surface area contributed by atoms with Crippen LogP contribution in [0.1, 0.15) is 34.1 Å². The Morgan fingerprint density at radius 2 is 1.71 bits per heavy atom. The Kier molecular flexibility index (Phi) is 8.01. The molecular formula is C18H30N2O4. The second kappa shape index (κ2) is 9.49. The molecule has 0 saturated heterocycles. The Balaban J connectivity index is 2.98. The van der Waals surface area contributed by atoms with E-state index in [-0.39, 0.29) is 31.0 Å². The third kappa shape index (κ3) is 5.69. The summed E-state index contributed by atoms with van der Waals surface area (Å²) in [6, 6.07) is 6.71. The molecule has 136 valence electrons. The summed E-state index contributed by atoms with van der Waals surface area (Å²) in [4.78, 5) is 14.7. The van der Waals surface area contributed by atoms with Gasteiger partial charge in [-0.2, -0.15) is 0 Å². The average molecular weight is 338 g/mol. The number of nitrogens with zero attached hydrogens (tertiary/aromatic N) is 1. The van der Waals surface area contributed by atoms with Crippen LogP contribution in [0.5, 0.6) is 5.75 Å². The van der Waals surface area contributed by atoms with E-state index in [9.17, 15) is 9.90 Å². The number of rotatable bonds is 9. The van der Waals surface area contributed by atoms with Crippen molar-refractivity contribution in [3.63, 3.8) is 0 Å². The molecule has 0 aliphatic rings. The molecule has 0 saturated carbocycles. The lowest BCUT2D eigenvalue weighted by Gasteiger charge is -2.35. The van der Waals surface area contributed by atoms with Crippen LogP contribution in [0.3, 0.4) is 0 Å². The van der Waals surface area contributed by atoms with E-state index in [2.05, 4.69) is 5.32 Å². The average Bonchev–Trinajstić information content (AvgIpc) is 2.53. The predicted molar refractivity (Wildman–Crippen MR) is 95.2 cm³/mol. The van der Waals surface area contributed by atoms with Crippen molar-refractivity contribution in [2.45, 2.75) is 58.3 Å². The van der Waals surface area contributed by atoms with Crippen LogP contribution in [0, 0.1) is 0 Å². The van der Waals surface area contributed by atoms with Crippen molar-refractivity contribution in [2.75, 3.05) is 19.0 Å². The molecule has 0 aromatic heterocycles. The van der Waals surface area contributed by atoms with Gasteiger partial charge >= 0.3 is 0 Å². The van der Waals surface area contributed by atoms with Crippen molar-refractivity contribution >= 4 is 11.6 Å². The first-order chi connectivity index (χ1) is 11.3. The highest BCUT2D eigenvalue weighted by molar-refractivity contribution is 5.85. The molecule has 2 atom stereocenters. The van der Waals surface area contributed by atoms with Gasteiger partial charge < -0.3 is 25.2 Å². The van der Waals surface area contributed by atoms with Gasteiger partial charge in [-0.25, -0.2) is 0 Å². The van der Waals surface area contributed by atoms with Crippen molar-refractivity contribution in [1.82, 2.24) is 4.90 Å². The van der Waals surface area contributed by atoms with E-state index in [4.69, 9.17) is 9.84 Å². The van der Waals surface area contributed by atoms with Crippen LogP contribution in [-0.2, 0) is 4.79 Å². The maximum absolute atomic E-state index is 13.0. The molecule has 6 nitrogen and oxygen atoms in total. The summed E-state index contributed by atoms with van der Waals surface area (Å²) >= 11 is 0. The minimum Gasteiger partial charge on any atom is -0.497 e. The number of nitrogens with one attached hydrogen (secondary N) is 1. The molecule has 0 aliphatic carbocycles. The van der Waals surface area contributed by atoms with Gasteiger partial charge in [0.2, 0.25) is 5.91 Å². The van der Waals surface area contributed by atoms with E-state index in [0.29, 0.717) is 0 Å². The molecule has 6 heteroatoms. The zero-order chi connectivity index (χ0) is 18.3. The molecule has 0 radical (unpaired) electrons. The maximum Gasteiger partial charge on any atom is 0.245 e. The van der Waals surface area contributed by atoms with Crippen molar-refractivity contribution in [1.29, 1.82) is 0 Å². The van der Waals surface area contributed by atoms with Gasteiger partial charge in [0.25, 0.3) is 0 Å². The SMILES string of the molecule is COc1ccc(N[C@H](C[C@H](O)CO)C(=O)N(C(C)C)C(C)C)cc1. The van der Waals surface area contributed by atoms with Gasteiger partial charge in [0.05, 0.1) is 19.8 Å². The fraction of sp³-hybridized carbons (Fsp3) is 0.611. The second-order valence-corrected chi connectivity index (χ2v) is 6.43. The number of hydrogen-bond donors (Lipinski definition) is 3. The van der Waals surface area contributed by atoms with Gasteiger partial charge in [-0.15, -0.1) is 0 Å². The Labute approximate surface area is 144 Å². The van der Waals surface area contributed by atoms with E-state index < -0.39 is 12.1 Å². The Morgan fingerprint density at radius 1 is 1.17 bits per heavy atom. The Morgan fingerprint density at radius 3 is 2.12 bits per heavy atom. The van der Waals surface area contributed by atoms with E-state index in [0.717, 1.165) is 11.4 Å². The van der Waals surface area contributed by atoms with Crippen LogP contribution >= 0.6 is 0 Å². The van der Waals surface area contributed by atoms with Crippen LogP contribution in [-0.4, -0.2) is 59.0 Å². The molecule has 3 N–H and O–H groups in total. The van der Waals surface area contributed by atoms with E-state index in [1.165, 1.54) is 0 Å². The zero-order valence-electron chi connectivity index (χ0n) is 15.2. The molecule has 1 amide bonds. The molecule has 24 heavy (non-hydrogen) atoms. The topological polar surface area (TPSA) is 82.0 Å². The first-order valence-electron chi connectivity index (χ1n) is 8.31. The fourth-order valence-electron chi connectivity index (χ4n) is 2.74. The van der Waals surface area contributed by atoms with Gasteiger partial charge in [-0.05, 0) is 52.0 Å². The van der Waals surface area contributed by atoms with Crippen molar-refractivity contribution in [3.05, 3.63) is 24.3 Å². The zero-order valence-corrected chi connectivity index (χ0v) is 15.2. The summed E-state index contributed by atoms with van der Waals surface area (Å²) in [5, 5.41) is 22.1. The third-order valence-electron chi connectivity index (χ3n) is 3.81. The third-order valence-corrected chi connectivity index (χ3v) is 3.81. The molecule has 1 aromatic carbocycles. The number of ether oxygens (including phenoxy) is 1. The van der Waals surface area contributed by atoms with Crippen molar-refractivity contribution in [2.24, 2.45) is 0 Å². The molecule has 0 unspecified atom stereocenters. The smallest absolute Gasteiger partial charge is 0.245 e. The highest BCUT2D eigenvalue weighted by Crippen LogP contribution is 2.19. The molecule has 1 aromatic rings. The number of amides is 1. The second-order valence-electron chi connectivity index (χ2n) is 6.43. The number of carbonyl (C=O) groups is 1. The largest absolute Gasteiger partial charge is 0.497 e. The van der Waals surface area contributed by atoms with Gasteiger partial charge in [-0.1, -0.05) is 0 Å². The normalized spacial score (nSPS) is 13.7. The number of hydrogen-bond acceptors (Lipinski definition) is 5. The van der Waals surface area contributed by atoms with Gasteiger partial charge in [0, 0.05) is 24.2 Å². The Bertz CT molecular complexity index is 494. The van der Waals surface area contributed by atoms with Crippen LogP contribution in [0.15, 0.2) is 24.3 Å². The van der Waals surface area contributed by atoms with Crippen molar-refractivity contribution in [3.8, 4) is 5.75 Å². The quantitative estimate of drug-likeness (QED) is 0.640. The predicted octanol–water partition coefficient (Wildman–Crippen LogP) is 1.86. The highest BCUT2D eigenvalue weighted by atomic mass is 16.5. The highest BCUT2D eigenvalue weighted by Gasteiger charge is 2.29. The first kappa shape index (κ1) is 20.3. The summed E-state index contributed by atoms with van der Waals surface area (Å²) in [5.41, 5.74) is 0.756. The number of aliphatic hydroxyl groups is 2. The number of benzene rings is 1. The summed E-state index contributed by atoms with van der Waals surface area (Å²) in [6.07, 6.45) is -0.817. The summed E-state index contributed by atoms with van der Waals surface area (Å²) in [5.74, 6) is 0.633. The number of aliphatic hydroxyl groups excluding tert-OH is 2. The number of carbonyl (C=O) groups excluding carboxylic acids is 1. The Hall–Kier alpha value is -1.79. The monoisotopic (exact) mass is 338 g/mol.